The molecule has 0 saturated heterocycles. The Morgan fingerprint density at radius 2 is 1.90 bits per heavy atom. The molecule has 0 aromatic carbocycles. The Morgan fingerprint density at radius 3 is 2.62 bits per heavy atom. The fourth-order valence-electron chi connectivity index (χ4n) is 2.03. The van der Waals surface area contributed by atoms with Crippen LogP contribution in [-0.4, -0.2) is 12.6 Å². The zero-order valence-electron chi connectivity index (χ0n) is 13.0. The van der Waals surface area contributed by atoms with Gasteiger partial charge in [-0.15, -0.1) is 23.2 Å². The number of unbranched alkanes of at least 4 members (excludes halogenated alkanes) is 6. The Hall–Kier alpha value is -1.27. The van der Waals surface area contributed by atoms with Crippen LogP contribution in [0, 0.1) is 11.8 Å². The molecule has 1 aromatic heterocycles. The van der Waals surface area contributed by atoms with Crippen LogP contribution in [0.4, 0.5) is 0 Å². The van der Waals surface area contributed by atoms with E-state index in [1.807, 2.05) is 17.5 Å². The van der Waals surface area contributed by atoms with Crippen molar-refractivity contribution in [3.05, 3.63) is 22.4 Å². The summed E-state index contributed by atoms with van der Waals surface area (Å²) in [7, 11) is 0. The lowest BCUT2D eigenvalue weighted by Gasteiger charge is -2.04. The minimum atomic E-state index is -0.105. The number of hydrogen-bond donors (Lipinski definition) is 0. The van der Waals surface area contributed by atoms with Gasteiger partial charge in [-0.2, -0.15) is 0 Å². The average Bonchev–Trinajstić information content (AvgIpc) is 2.97. The van der Waals surface area contributed by atoms with Crippen LogP contribution < -0.4 is 0 Å². The fraction of sp³-hybridized carbons (Fsp3) is 0.611. The predicted molar refractivity (Wildman–Crippen MR) is 89.4 cm³/mol. The highest BCUT2D eigenvalue weighted by Gasteiger charge is 2.04. The second-order valence-electron chi connectivity index (χ2n) is 5.06. The first-order chi connectivity index (χ1) is 10.3. The van der Waals surface area contributed by atoms with Gasteiger partial charge in [0, 0.05) is 17.7 Å². The maximum Gasteiger partial charge on any atom is 0.311 e. The number of hydrogen-bond acceptors (Lipinski definition) is 3. The fourth-order valence-corrected chi connectivity index (χ4v) is 2.72. The maximum absolute atomic E-state index is 11.5. The minimum Gasteiger partial charge on any atom is -0.465 e. The van der Waals surface area contributed by atoms with Crippen molar-refractivity contribution >= 4 is 17.3 Å². The summed E-state index contributed by atoms with van der Waals surface area (Å²) in [6.45, 7) is 2.65. The van der Waals surface area contributed by atoms with Crippen LogP contribution in [0.5, 0.6) is 0 Å². The van der Waals surface area contributed by atoms with Crippen molar-refractivity contribution in [1.82, 2.24) is 0 Å². The van der Waals surface area contributed by atoms with Crippen LogP contribution >= 0.6 is 11.3 Å². The van der Waals surface area contributed by atoms with Crippen molar-refractivity contribution in [2.45, 2.75) is 64.7 Å². The SMILES string of the molecule is CCC#CCCCCCCCCOC(=O)Cc1cccs1. The molecule has 3 heteroatoms. The number of carbonyl (C=O) groups excluding carboxylic acids is 1. The Balaban J connectivity index is 1.85. The van der Waals surface area contributed by atoms with E-state index >= 15 is 0 Å². The molecule has 0 N–H and O–H groups in total. The zero-order chi connectivity index (χ0) is 15.2. The van der Waals surface area contributed by atoms with E-state index in [1.165, 1.54) is 25.7 Å². The quantitative estimate of drug-likeness (QED) is 0.346. The standard InChI is InChI=1S/C18H26O2S/c1-2-3-4-5-6-7-8-9-10-11-14-20-18(19)16-17-13-12-15-21-17/h12-13,15H,2,5-11,14,16H2,1H3. The van der Waals surface area contributed by atoms with E-state index in [9.17, 15) is 4.79 Å². The summed E-state index contributed by atoms with van der Waals surface area (Å²) in [6.07, 6.45) is 9.49. The van der Waals surface area contributed by atoms with Gasteiger partial charge in [-0.05, 0) is 24.3 Å². The minimum absolute atomic E-state index is 0.105. The van der Waals surface area contributed by atoms with Crippen LogP contribution in [0.25, 0.3) is 0 Å². The maximum atomic E-state index is 11.5. The highest BCUT2D eigenvalue weighted by atomic mass is 32.1. The zero-order valence-corrected chi connectivity index (χ0v) is 13.8. The molecule has 0 aliphatic rings. The van der Waals surface area contributed by atoms with E-state index in [0.29, 0.717) is 13.0 Å². The molecule has 116 valence electrons. The topological polar surface area (TPSA) is 26.3 Å². The number of thiophene rings is 1. The van der Waals surface area contributed by atoms with Crippen molar-refractivity contribution in [2.75, 3.05) is 6.61 Å². The summed E-state index contributed by atoms with van der Waals surface area (Å²) >= 11 is 1.60. The van der Waals surface area contributed by atoms with Crippen LogP contribution in [-0.2, 0) is 16.0 Å². The lowest BCUT2D eigenvalue weighted by Crippen LogP contribution is -2.08. The molecule has 0 aliphatic carbocycles. The Bertz CT molecular complexity index is 426. The largest absolute Gasteiger partial charge is 0.465 e. The average molecular weight is 306 g/mol. The number of carbonyl (C=O) groups is 1. The first-order valence-electron chi connectivity index (χ1n) is 7.96. The first-order valence-corrected chi connectivity index (χ1v) is 8.84. The smallest absolute Gasteiger partial charge is 0.311 e. The van der Waals surface area contributed by atoms with Gasteiger partial charge in [-0.25, -0.2) is 0 Å². The van der Waals surface area contributed by atoms with Gasteiger partial charge >= 0.3 is 5.97 Å². The molecule has 0 radical (unpaired) electrons. The Labute approximate surface area is 132 Å². The van der Waals surface area contributed by atoms with Crippen molar-refractivity contribution in [2.24, 2.45) is 0 Å². The van der Waals surface area contributed by atoms with E-state index in [2.05, 4.69) is 18.8 Å². The van der Waals surface area contributed by atoms with Crippen molar-refractivity contribution in [1.29, 1.82) is 0 Å². The van der Waals surface area contributed by atoms with Crippen LogP contribution in [0.15, 0.2) is 17.5 Å². The predicted octanol–water partition coefficient (Wildman–Crippen LogP) is 4.98. The Kier molecular flexibility index (Phi) is 10.6. The molecule has 21 heavy (non-hydrogen) atoms. The number of rotatable bonds is 10. The summed E-state index contributed by atoms with van der Waals surface area (Å²) in [6, 6.07) is 3.93. The first kappa shape index (κ1) is 17.8. The summed E-state index contributed by atoms with van der Waals surface area (Å²) in [4.78, 5) is 12.6. The summed E-state index contributed by atoms with van der Waals surface area (Å²) in [5, 5.41) is 1.98. The van der Waals surface area contributed by atoms with Gasteiger partial charge in [0.05, 0.1) is 13.0 Å². The van der Waals surface area contributed by atoms with Gasteiger partial charge in [0.1, 0.15) is 0 Å². The van der Waals surface area contributed by atoms with Gasteiger partial charge in [0.2, 0.25) is 0 Å². The van der Waals surface area contributed by atoms with Gasteiger partial charge in [0.15, 0.2) is 0 Å². The van der Waals surface area contributed by atoms with E-state index in [4.69, 9.17) is 4.74 Å². The highest BCUT2D eigenvalue weighted by Crippen LogP contribution is 2.10. The van der Waals surface area contributed by atoms with Crippen LogP contribution in [0.3, 0.4) is 0 Å². The number of ether oxygens (including phenoxy) is 1. The number of esters is 1. The highest BCUT2D eigenvalue weighted by molar-refractivity contribution is 7.10. The summed E-state index contributed by atoms with van der Waals surface area (Å²) in [5.74, 6) is 6.16. The molecule has 0 amide bonds. The van der Waals surface area contributed by atoms with Gasteiger partial charge in [0.25, 0.3) is 0 Å². The molecular formula is C18H26O2S. The molecule has 0 bridgehead atoms. The summed E-state index contributed by atoms with van der Waals surface area (Å²) < 4.78 is 5.24. The summed E-state index contributed by atoms with van der Waals surface area (Å²) in [5.41, 5.74) is 0. The molecule has 1 aromatic rings. The van der Waals surface area contributed by atoms with Gasteiger partial charge < -0.3 is 4.74 Å². The molecule has 0 aliphatic heterocycles. The molecule has 0 fully saturated rings. The molecule has 0 saturated carbocycles. The third-order valence-corrected chi connectivity index (χ3v) is 4.04. The third-order valence-electron chi connectivity index (χ3n) is 3.16. The van der Waals surface area contributed by atoms with E-state index < -0.39 is 0 Å². The van der Waals surface area contributed by atoms with Crippen molar-refractivity contribution in [3.8, 4) is 11.8 Å². The molecule has 2 nitrogen and oxygen atoms in total. The molecule has 1 rings (SSSR count). The van der Waals surface area contributed by atoms with Gasteiger partial charge in [-0.3, -0.25) is 4.79 Å². The van der Waals surface area contributed by atoms with E-state index in [1.54, 1.807) is 11.3 Å². The molecule has 1 heterocycles. The van der Waals surface area contributed by atoms with Crippen LogP contribution in [0.1, 0.15) is 63.2 Å². The second kappa shape index (κ2) is 12.5. The van der Waals surface area contributed by atoms with Gasteiger partial charge in [-0.1, -0.05) is 38.7 Å². The molecule has 0 atom stereocenters. The van der Waals surface area contributed by atoms with E-state index in [-0.39, 0.29) is 5.97 Å². The normalized spacial score (nSPS) is 9.95. The molecule has 0 spiro atoms. The third kappa shape index (κ3) is 10.1. The van der Waals surface area contributed by atoms with Crippen molar-refractivity contribution in [3.63, 3.8) is 0 Å². The van der Waals surface area contributed by atoms with Crippen LogP contribution in [0.2, 0.25) is 0 Å². The molecule has 0 unspecified atom stereocenters. The monoisotopic (exact) mass is 306 g/mol. The van der Waals surface area contributed by atoms with Crippen molar-refractivity contribution < 1.29 is 9.53 Å². The molecular weight excluding hydrogens is 280 g/mol. The Morgan fingerprint density at radius 1 is 1.14 bits per heavy atom. The second-order valence-corrected chi connectivity index (χ2v) is 6.09. The lowest BCUT2D eigenvalue weighted by molar-refractivity contribution is -0.142. The van der Waals surface area contributed by atoms with E-state index in [0.717, 1.165) is 30.6 Å². The lowest BCUT2D eigenvalue weighted by atomic mass is 10.1.